The van der Waals surface area contributed by atoms with Crippen LogP contribution in [0, 0.1) is 0 Å². The molecule has 158 valence electrons. The number of nitrogens with one attached hydrogen (secondary N) is 1. The van der Waals surface area contributed by atoms with Gasteiger partial charge in [0, 0.05) is 52.4 Å². The van der Waals surface area contributed by atoms with E-state index in [1.807, 2.05) is 13.8 Å². The van der Waals surface area contributed by atoms with Crippen molar-refractivity contribution in [3.05, 3.63) is 0 Å². The molecule has 7 nitrogen and oxygen atoms in total. The van der Waals surface area contributed by atoms with Gasteiger partial charge in [0.25, 0.3) is 0 Å². The molecule has 8 heteroatoms. The number of piperazine rings is 1. The second kappa shape index (κ2) is 10.1. The zero-order valence-electron chi connectivity index (χ0n) is 17.7. The molecule has 0 aliphatic carbocycles. The molecule has 2 saturated heterocycles. The Labute approximate surface area is 166 Å². The second-order valence-corrected chi connectivity index (χ2v) is 11.0. The monoisotopic (exact) mass is 401 g/mol. The van der Waals surface area contributed by atoms with Gasteiger partial charge in [-0.1, -0.05) is 6.92 Å². The van der Waals surface area contributed by atoms with Crippen molar-refractivity contribution >= 4 is 15.8 Å². The standard InChI is InChI=1S/C19H39N5O2S/c1-5-20-18(24-15-16-27(25,26)19(3,4)17-24)21-9-7-8-10-23-13-11-22(6-2)12-14-23/h5-17H2,1-4H3,(H,20,21). The fraction of sp³-hybridized carbons (Fsp3) is 0.947. The molecule has 0 atom stereocenters. The molecule has 0 spiro atoms. The van der Waals surface area contributed by atoms with Crippen molar-refractivity contribution in [2.24, 2.45) is 4.99 Å². The molecule has 2 aliphatic rings. The Hall–Kier alpha value is -0.860. The van der Waals surface area contributed by atoms with Gasteiger partial charge in [0.2, 0.25) is 0 Å². The van der Waals surface area contributed by atoms with Crippen LogP contribution in [0.2, 0.25) is 0 Å². The normalized spacial score (nSPS) is 24.1. The van der Waals surface area contributed by atoms with E-state index in [0.29, 0.717) is 13.1 Å². The number of hydrogen-bond acceptors (Lipinski definition) is 5. The Bertz CT molecular complexity index is 583. The SMILES string of the molecule is CCNC(=NCCCCN1CCN(CC)CC1)N1CCS(=O)(=O)C(C)(C)C1. The molecule has 2 rings (SSSR count). The summed E-state index contributed by atoms with van der Waals surface area (Å²) in [5.41, 5.74) is 0. The fourth-order valence-electron chi connectivity index (χ4n) is 3.71. The highest BCUT2D eigenvalue weighted by Gasteiger charge is 2.40. The summed E-state index contributed by atoms with van der Waals surface area (Å²) >= 11 is 0. The molecule has 0 bridgehead atoms. The predicted octanol–water partition coefficient (Wildman–Crippen LogP) is 0.879. The van der Waals surface area contributed by atoms with Crippen LogP contribution in [-0.4, -0.2) is 105 Å². The predicted molar refractivity (Wildman–Crippen MR) is 113 cm³/mol. The van der Waals surface area contributed by atoms with Crippen molar-refractivity contribution < 1.29 is 8.42 Å². The summed E-state index contributed by atoms with van der Waals surface area (Å²) in [6.07, 6.45) is 2.23. The van der Waals surface area contributed by atoms with Gasteiger partial charge in [-0.3, -0.25) is 4.99 Å². The average molecular weight is 402 g/mol. The van der Waals surface area contributed by atoms with Crippen LogP contribution in [-0.2, 0) is 9.84 Å². The smallest absolute Gasteiger partial charge is 0.193 e. The number of aliphatic imine (C=N–C) groups is 1. The number of likely N-dealkylation sites (N-methyl/N-ethyl adjacent to an activating group) is 1. The number of unbranched alkanes of at least 4 members (excludes halogenated alkanes) is 1. The molecule has 2 heterocycles. The Morgan fingerprint density at radius 1 is 1.04 bits per heavy atom. The molecule has 0 saturated carbocycles. The maximum Gasteiger partial charge on any atom is 0.193 e. The van der Waals surface area contributed by atoms with Crippen LogP contribution in [0.25, 0.3) is 0 Å². The summed E-state index contributed by atoms with van der Waals surface area (Å²) < 4.78 is 23.7. The topological polar surface area (TPSA) is 68.2 Å². The molecule has 1 N–H and O–H groups in total. The molecule has 0 radical (unpaired) electrons. The summed E-state index contributed by atoms with van der Waals surface area (Å²) in [6, 6.07) is 0. The summed E-state index contributed by atoms with van der Waals surface area (Å²) in [5.74, 6) is 1.06. The van der Waals surface area contributed by atoms with E-state index in [1.54, 1.807) is 0 Å². The van der Waals surface area contributed by atoms with E-state index < -0.39 is 14.6 Å². The molecule has 0 amide bonds. The van der Waals surface area contributed by atoms with Gasteiger partial charge >= 0.3 is 0 Å². The van der Waals surface area contributed by atoms with Crippen molar-refractivity contribution in [1.29, 1.82) is 0 Å². The van der Waals surface area contributed by atoms with E-state index in [-0.39, 0.29) is 5.75 Å². The summed E-state index contributed by atoms with van der Waals surface area (Å²) in [7, 11) is -3.02. The number of guanidine groups is 1. The van der Waals surface area contributed by atoms with Crippen molar-refractivity contribution in [2.75, 3.05) is 71.2 Å². The minimum absolute atomic E-state index is 0.203. The quantitative estimate of drug-likeness (QED) is 0.388. The van der Waals surface area contributed by atoms with E-state index in [4.69, 9.17) is 4.99 Å². The highest BCUT2D eigenvalue weighted by atomic mass is 32.2. The summed E-state index contributed by atoms with van der Waals surface area (Å²) in [4.78, 5) is 11.9. The van der Waals surface area contributed by atoms with Gasteiger partial charge in [-0.25, -0.2) is 8.42 Å². The third-order valence-electron chi connectivity index (χ3n) is 5.73. The largest absolute Gasteiger partial charge is 0.357 e. The molecule has 2 fully saturated rings. The van der Waals surface area contributed by atoms with Crippen LogP contribution in [0.3, 0.4) is 0 Å². The zero-order valence-corrected chi connectivity index (χ0v) is 18.5. The van der Waals surface area contributed by atoms with Crippen LogP contribution in [0.1, 0.15) is 40.5 Å². The van der Waals surface area contributed by atoms with Crippen molar-refractivity contribution in [3.63, 3.8) is 0 Å². The Balaban J connectivity index is 1.77. The minimum atomic E-state index is -3.02. The van der Waals surface area contributed by atoms with Gasteiger partial charge in [-0.05, 0) is 46.7 Å². The fourth-order valence-corrected chi connectivity index (χ4v) is 5.08. The number of nitrogens with zero attached hydrogens (tertiary/aromatic N) is 4. The lowest BCUT2D eigenvalue weighted by molar-refractivity contribution is 0.136. The zero-order chi connectivity index (χ0) is 19.9. The van der Waals surface area contributed by atoms with Gasteiger partial charge in [0.1, 0.15) is 0 Å². The first-order valence-electron chi connectivity index (χ1n) is 10.5. The highest BCUT2D eigenvalue weighted by molar-refractivity contribution is 7.92. The molecule has 2 aliphatic heterocycles. The molecule has 27 heavy (non-hydrogen) atoms. The minimum Gasteiger partial charge on any atom is -0.357 e. The van der Waals surface area contributed by atoms with Crippen LogP contribution in [0.15, 0.2) is 4.99 Å². The second-order valence-electron chi connectivity index (χ2n) is 8.22. The van der Waals surface area contributed by atoms with Crippen molar-refractivity contribution in [2.45, 2.75) is 45.3 Å². The molecule has 0 aromatic rings. The van der Waals surface area contributed by atoms with Crippen LogP contribution in [0.4, 0.5) is 0 Å². The Kier molecular flexibility index (Phi) is 8.37. The number of hydrogen-bond donors (Lipinski definition) is 1. The van der Waals surface area contributed by atoms with E-state index >= 15 is 0 Å². The number of sulfone groups is 1. The first kappa shape index (κ1) is 22.4. The van der Waals surface area contributed by atoms with Gasteiger partial charge in [0.05, 0.1) is 10.5 Å². The van der Waals surface area contributed by atoms with E-state index in [1.165, 1.54) is 26.2 Å². The summed E-state index contributed by atoms with van der Waals surface area (Å²) in [6.45, 7) is 17.6. The third-order valence-corrected chi connectivity index (χ3v) is 8.27. The maximum atomic E-state index is 12.2. The number of rotatable bonds is 7. The van der Waals surface area contributed by atoms with E-state index in [2.05, 4.69) is 33.9 Å². The lowest BCUT2D eigenvalue weighted by Gasteiger charge is -2.39. The first-order valence-corrected chi connectivity index (χ1v) is 12.1. The van der Waals surface area contributed by atoms with Gasteiger partial charge in [0.15, 0.2) is 15.8 Å². The lowest BCUT2D eigenvalue weighted by Crippen LogP contribution is -2.57. The first-order chi connectivity index (χ1) is 12.8. The molecule has 0 unspecified atom stereocenters. The maximum absolute atomic E-state index is 12.2. The highest BCUT2D eigenvalue weighted by Crippen LogP contribution is 2.23. The molecule has 0 aromatic heterocycles. The Morgan fingerprint density at radius 3 is 2.30 bits per heavy atom. The van der Waals surface area contributed by atoms with E-state index in [9.17, 15) is 8.42 Å². The average Bonchev–Trinajstić information content (AvgIpc) is 2.63. The van der Waals surface area contributed by atoms with Gasteiger partial charge in [-0.2, -0.15) is 0 Å². The third kappa shape index (κ3) is 6.32. The van der Waals surface area contributed by atoms with Gasteiger partial charge in [-0.15, -0.1) is 0 Å². The van der Waals surface area contributed by atoms with Crippen LogP contribution >= 0.6 is 0 Å². The van der Waals surface area contributed by atoms with Crippen molar-refractivity contribution in [3.8, 4) is 0 Å². The molecular formula is C19H39N5O2S. The van der Waals surface area contributed by atoms with Gasteiger partial charge < -0.3 is 20.0 Å². The molecule has 0 aromatic carbocycles. The molecular weight excluding hydrogens is 362 g/mol. The Morgan fingerprint density at radius 2 is 1.70 bits per heavy atom. The van der Waals surface area contributed by atoms with E-state index in [0.717, 1.165) is 45.0 Å². The lowest BCUT2D eigenvalue weighted by atomic mass is 10.2. The summed E-state index contributed by atoms with van der Waals surface area (Å²) in [5, 5.41) is 3.33. The van der Waals surface area contributed by atoms with Crippen LogP contribution in [0.5, 0.6) is 0 Å². The van der Waals surface area contributed by atoms with Crippen molar-refractivity contribution in [1.82, 2.24) is 20.0 Å². The van der Waals surface area contributed by atoms with Crippen LogP contribution < -0.4 is 5.32 Å².